The van der Waals surface area contributed by atoms with Gasteiger partial charge >= 0.3 is 5.97 Å². The number of ether oxygens (including phenoxy) is 3. The average Bonchev–Trinajstić information content (AvgIpc) is 2.88. The minimum Gasteiger partial charge on any atom is -0.496 e. The molecule has 0 aliphatic heterocycles. The van der Waals surface area contributed by atoms with Gasteiger partial charge in [0.2, 0.25) is 0 Å². The smallest absolute Gasteiger partial charge is 0.324 e. The second kappa shape index (κ2) is 18.3. The van der Waals surface area contributed by atoms with Gasteiger partial charge in [-0.05, 0) is 25.0 Å². The largest absolute Gasteiger partial charge is 0.496 e. The van der Waals surface area contributed by atoms with E-state index in [1.54, 1.807) is 18.2 Å². The summed E-state index contributed by atoms with van der Waals surface area (Å²) in [5.74, 6) is -0.199. The number of Topliss-reactive ketones (excluding diaryl/α,β-unsaturated/α-hetero) is 1. The maximum atomic E-state index is 13.3. The summed E-state index contributed by atoms with van der Waals surface area (Å²) in [6.07, 6.45) is 13.5. The molecule has 0 spiro atoms. The third-order valence-corrected chi connectivity index (χ3v) is 7.30. The Hall–Kier alpha value is -1.94. The van der Waals surface area contributed by atoms with E-state index in [1.165, 1.54) is 59.2 Å². The Morgan fingerprint density at radius 3 is 1.80 bits per heavy atom. The highest BCUT2D eigenvalue weighted by Crippen LogP contribution is 2.39. The molecule has 6 nitrogen and oxygen atoms in total. The van der Waals surface area contributed by atoms with Crippen LogP contribution in [0.2, 0.25) is 0 Å². The van der Waals surface area contributed by atoms with Crippen molar-refractivity contribution in [2.75, 3.05) is 20.8 Å². The molecule has 0 heterocycles. The lowest BCUT2D eigenvalue weighted by Crippen LogP contribution is -2.37. The summed E-state index contributed by atoms with van der Waals surface area (Å²) >= 11 is 0. The van der Waals surface area contributed by atoms with Gasteiger partial charge in [0.15, 0.2) is 19.4 Å². The van der Waals surface area contributed by atoms with Crippen LogP contribution in [-0.2, 0) is 14.1 Å². The van der Waals surface area contributed by atoms with Crippen molar-refractivity contribution < 1.29 is 28.4 Å². The first-order chi connectivity index (χ1) is 17.0. The quantitative estimate of drug-likeness (QED) is 0.0725. The Labute approximate surface area is 213 Å². The molecule has 1 unspecified atom stereocenters. The molecule has 0 saturated heterocycles. The lowest BCUT2D eigenvalue weighted by atomic mass is 9.91. The van der Waals surface area contributed by atoms with Gasteiger partial charge in [0.1, 0.15) is 17.1 Å². The summed E-state index contributed by atoms with van der Waals surface area (Å²) in [5.41, 5.74) is 0.254. The number of hydrogen-bond donors (Lipinski definition) is 0. The minimum absolute atomic E-state index is 0.231. The van der Waals surface area contributed by atoms with Gasteiger partial charge in [-0.2, -0.15) is 0 Å². The SMILES string of the molecule is CCCCCCCCCCCCOC(=O)C(CCCC)(CC(=O)c1c(OC)cccc1OC)P=O. The van der Waals surface area contributed by atoms with Gasteiger partial charge in [-0.15, -0.1) is 0 Å². The van der Waals surface area contributed by atoms with Gasteiger partial charge in [0, 0.05) is 6.42 Å². The normalized spacial score (nSPS) is 12.8. The molecule has 198 valence electrons. The van der Waals surface area contributed by atoms with E-state index in [0.29, 0.717) is 24.3 Å². The molecule has 0 saturated carbocycles. The number of methoxy groups -OCH3 is 2. The zero-order valence-electron chi connectivity index (χ0n) is 22.2. The number of carbonyl (C=O) groups excluding carboxylic acids is 2. The van der Waals surface area contributed by atoms with Crippen LogP contribution in [0.4, 0.5) is 0 Å². The first-order valence-electron chi connectivity index (χ1n) is 13.3. The second-order valence-corrected chi connectivity index (χ2v) is 10.2. The Kier molecular flexibility index (Phi) is 16.3. The number of carbonyl (C=O) groups is 2. The Morgan fingerprint density at radius 1 is 0.800 bits per heavy atom. The highest BCUT2D eigenvalue weighted by molar-refractivity contribution is 7.28. The second-order valence-electron chi connectivity index (χ2n) is 9.18. The van der Waals surface area contributed by atoms with Crippen LogP contribution in [0.1, 0.15) is 114 Å². The predicted molar refractivity (Wildman–Crippen MR) is 141 cm³/mol. The van der Waals surface area contributed by atoms with Crippen molar-refractivity contribution in [3.63, 3.8) is 0 Å². The molecule has 7 heteroatoms. The molecular formula is C28H45O6P. The van der Waals surface area contributed by atoms with E-state index >= 15 is 0 Å². The first-order valence-corrected chi connectivity index (χ1v) is 14.1. The molecule has 0 aromatic heterocycles. The Morgan fingerprint density at radius 2 is 1.31 bits per heavy atom. The van der Waals surface area contributed by atoms with Crippen LogP contribution < -0.4 is 9.47 Å². The van der Waals surface area contributed by atoms with Gasteiger partial charge in [-0.25, -0.2) is 0 Å². The van der Waals surface area contributed by atoms with E-state index in [-0.39, 0.29) is 24.4 Å². The van der Waals surface area contributed by atoms with Gasteiger partial charge in [-0.3, -0.25) is 14.2 Å². The van der Waals surface area contributed by atoms with Crippen LogP contribution in [0.3, 0.4) is 0 Å². The standard InChI is InChI=1S/C28H45O6P/c1-5-7-9-10-11-12-13-14-15-16-21-34-27(30)28(35-31,20-8-6-2)22-23(29)26-24(32-3)18-17-19-25(26)33-4/h17-19H,5-16,20-22H2,1-4H3. The highest BCUT2D eigenvalue weighted by atomic mass is 31.1. The number of rotatable bonds is 21. The molecule has 1 atom stereocenters. The molecule has 0 aliphatic carbocycles. The molecule has 0 fully saturated rings. The van der Waals surface area contributed by atoms with Crippen molar-refractivity contribution in [2.45, 2.75) is 109 Å². The van der Waals surface area contributed by atoms with E-state index in [4.69, 9.17) is 14.2 Å². The molecular weight excluding hydrogens is 463 g/mol. The molecule has 0 radical (unpaired) electrons. The van der Waals surface area contributed by atoms with E-state index in [0.717, 1.165) is 25.7 Å². The lowest BCUT2D eigenvalue weighted by Gasteiger charge is -2.25. The third kappa shape index (κ3) is 10.7. The third-order valence-electron chi connectivity index (χ3n) is 6.39. The predicted octanol–water partition coefficient (Wildman–Crippen LogP) is 7.96. The van der Waals surface area contributed by atoms with Crippen LogP contribution >= 0.6 is 8.46 Å². The van der Waals surface area contributed by atoms with Crippen LogP contribution in [-0.4, -0.2) is 37.7 Å². The maximum Gasteiger partial charge on any atom is 0.324 e. The molecule has 1 rings (SSSR count). The maximum absolute atomic E-state index is 13.3. The zero-order chi connectivity index (χ0) is 25.9. The summed E-state index contributed by atoms with van der Waals surface area (Å²) in [4.78, 5) is 26.4. The monoisotopic (exact) mass is 508 g/mol. The molecule has 0 amide bonds. The van der Waals surface area contributed by atoms with Gasteiger partial charge in [-0.1, -0.05) is 90.5 Å². The first kappa shape index (κ1) is 31.1. The molecule has 0 bridgehead atoms. The summed E-state index contributed by atoms with van der Waals surface area (Å²) in [6.45, 7) is 4.50. The Bertz CT molecular complexity index is 744. The van der Waals surface area contributed by atoms with Crippen molar-refractivity contribution in [3.05, 3.63) is 23.8 Å². The minimum atomic E-state index is -1.41. The number of ketones is 1. The number of esters is 1. The summed E-state index contributed by atoms with van der Waals surface area (Å²) in [7, 11) is 2.55. The van der Waals surface area contributed by atoms with E-state index in [9.17, 15) is 14.2 Å². The van der Waals surface area contributed by atoms with Crippen molar-refractivity contribution >= 4 is 20.2 Å². The van der Waals surface area contributed by atoms with Gasteiger partial charge in [0.25, 0.3) is 0 Å². The van der Waals surface area contributed by atoms with Crippen LogP contribution in [0.5, 0.6) is 11.5 Å². The van der Waals surface area contributed by atoms with Crippen LogP contribution in [0.15, 0.2) is 18.2 Å². The summed E-state index contributed by atoms with van der Waals surface area (Å²) < 4.78 is 28.6. The summed E-state index contributed by atoms with van der Waals surface area (Å²) in [5, 5.41) is -1.41. The van der Waals surface area contributed by atoms with Crippen LogP contribution in [0.25, 0.3) is 0 Å². The number of hydrogen-bond acceptors (Lipinski definition) is 6. The molecule has 1 aromatic rings. The zero-order valence-corrected chi connectivity index (χ0v) is 23.1. The van der Waals surface area contributed by atoms with Gasteiger partial charge in [0.05, 0.1) is 20.8 Å². The topological polar surface area (TPSA) is 78.9 Å². The fraction of sp³-hybridized carbons (Fsp3) is 0.714. The van der Waals surface area contributed by atoms with E-state index < -0.39 is 19.6 Å². The van der Waals surface area contributed by atoms with Crippen molar-refractivity contribution in [3.8, 4) is 11.5 Å². The van der Waals surface area contributed by atoms with Crippen molar-refractivity contribution in [1.29, 1.82) is 0 Å². The molecule has 35 heavy (non-hydrogen) atoms. The molecule has 0 N–H and O–H groups in total. The fourth-order valence-electron chi connectivity index (χ4n) is 4.22. The van der Waals surface area contributed by atoms with E-state index in [2.05, 4.69) is 6.92 Å². The lowest BCUT2D eigenvalue weighted by molar-refractivity contribution is -0.147. The van der Waals surface area contributed by atoms with E-state index in [1.807, 2.05) is 6.92 Å². The number of benzene rings is 1. The van der Waals surface area contributed by atoms with Crippen molar-refractivity contribution in [2.24, 2.45) is 0 Å². The van der Waals surface area contributed by atoms with Gasteiger partial charge < -0.3 is 14.2 Å². The fourth-order valence-corrected chi connectivity index (χ4v) is 4.81. The average molecular weight is 509 g/mol. The van der Waals surface area contributed by atoms with Crippen molar-refractivity contribution in [1.82, 2.24) is 0 Å². The molecule has 1 aromatic carbocycles. The Balaban J connectivity index is 2.67. The van der Waals surface area contributed by atoms with Crippen LogP contribution in [0, 0.1) is 0 Å². The summed E-state index contributed by atoms with van der Waals surface area (Å²) in [6, 6.07) is 5.06. The number of unbranched alkanes of at least 4 members (excludes halogenated alkanes) is 10. The highest BCUT2D eigenvalue weighted by Gasteiger charge is 2.44. The molecule has 0 aliphatic rings.